The highest BCUT2D eigenvalue weighted by Crippen LogP contribution is 2.32. The van der Waals surface area contributed by atoms with Gasteiger partial charge in [-0.3, -0.25) is 9.69 Å². The number of amides is 1. The van der Waals surface area contributed by atoms with Gasteiger partial charge in [0.05, 0.1) is 0 Å². The van der Waals surface area contributed by atoms with Crippen LogP contribution in [0.25, 0.3) is 0 Å². The van der Waals surface area contributed by atoms with Crippen LogP contribution in [0.1, 0.15) is 71.6 Å². The van der Waals surface area contributed by atoms with Crippen LogP contribution in [0.5, 0.6) is 5.75 Å². The van der Waals surface area contributed by atoms with Crippen LogP contribution in [0.15, 0.2) is 24.3 Å². The first kappa shape index (κ1) is 23.1. The van der Waals surface area contributed by atoms with Gasteiger partial charge in [-0.1, -0.05) is 39.5 Å². The van der Waals surface area contributed by atoms with Gasteiger partial charge < -0.3 is 14.8 Å². The van der Waals surface area contributed by atoms with E-state index >= 15 is 0 Å². The molecule has 1 aromatic carbocycles. The maximum absolute atomic E-state index is 13.1. The van der Waals surface area contributed by atoms with E-state index in [1.807, 2.05) is 24.3 Å². The molecule has 1 heterocycles. The smallest absolute Gasteiger partial charge is 0.256 e. The second-order valence-corrected chi connectivity index (χ2v) is 9.13. The zero-order valence-corrected chi connectivity index (χ0v) is 19.0. The average molecular weight is 417 g/mol. The third-order valence-electron chi connectivity index (χ3n) is 6.44. The Hall–Kier alpha value is -1.59. The Labute approximate surface area is 182 Å². The molecule has 0 bridgehead atoms. The quantitative estimate of drug-likeness (QED) is 0.558. The van der Waals surface area contributed by atoms with Gasteiger partial charge in [-0.2, -0.15) is 0 Å². The van der Waals surface area contributed by atoms with Gasteiger partial charge in [0.1, 0.15) is 18.0 Å². The zero-order chi connectivity index (χ0) is 21.2. The fourth-order valence-electron chi connectivity index (χ4n) is 4.70. The molecule has 1 atom stereocenters. The summed E-state index contributed by atoms with van der Waals surface area (Å²) in [4.78, 5) is 15.6. The Balaban J connectivity index is 1.50. The van der Waals surface area contributed by atoms with Gasteiger partial charge >= 0.3 is 0 Å². The molecule has 1 N–H and O–H groups in total. The third kappa shape index (κ3) is 6.71. The minimum atomic E-state index is -0.673. The standard InChI is InChI=1S/C25H40N2O3/c1-3-18-30-25(14-6-4-5-7-15-25)24(28)26-22-10-12-23(13-11-22)29-19-17-27-16-8-9-21(2)20-27/h10-13,21H,3-9,14-20H2,1-2H3,(H,26,28). The minimum Gasteiger partial charge on any atom is -0.492 e. The summed E-state index contributed by atoms with van der Waals surface area (Å²) in [7, 11) is 0. The van der Waals surface area contributed by atoms with Crippen LogP contribution in [0.3, 0.4) is 0 Å². The van der Waals surface area contributed by atoms with E-state index in [0.717, 1.165) is 56.0 Å². The number of likely N-dealkylation sites (tertiary alicyclic amines) is 1. The van der Waals surface area contributed by atoms with Crippen LogP contribution in [-0.2, 0) is 9.53 Å². The Bertz CT molecular complexity index is 638. The maximum Gasteiger partial charge on any atom is 0.256 e. The molecular weight excluding hydrogens is 376 g/mol. The van der Waals surface area contributed by atoms with E-state index in [1.54, 1.807) is 0 Å². The molecule has 1 saturated carbocycles. The number of benzene rings is 1. The average Bonchev–Trinajstić information content (AvgIpc) is 3.00. The summed E-state index contributed by atoms with van der Waals surface area (Å²) in [5.74, 6) is 1.65. The molecule has 2 aliphatic rings. The van der Waals surface area contributed by atoms with Crippen molar-refractivity contribution in [3.05, 3.63) is 24.3 Å². The number of ether oxygens (including phenoxy) is 2. The number of piperidine rings is 1. The molecule has 1 aromatic rings. The fourth-order valence-corrected chi connectivity index (χ4v) is 4.70. The molecule has 1 amide bonds. The second kappa shape index (κ2) is 11.7. The highest BCUT2D eigenvalue weighted by atomic mass is 16.5. The summed E-state index contributed by atoms with van der Waals surface area (Å²) < 4.78 is 12.1. The van der Waals surface area contributed by atoms with E-state index in [1.165, 1.54) is 38.8 Å². The summed E-state index contributed by atoms with van der Waals surface area (Å²) >= 11 is 0. The van der Waals surface area contributed by atoms with Gasteiger partial charge in [0, 0.05) is 25.4 Å². The number of rotatable bonds is 9. The van der Waals surface area contributed by atoms with Gasteiger partial charge in [-0.05, 0) is 68.8 Å². The highest BCUT2D eigenvalue weighted by molar-refractivity contribution is 5.97. The molecule has 5 heteroatoms. The van der Waals surface area contributed by atoms with Gasteiger partial charge in [0.15, 0.2) is 0 Å². The molecule has 1 saturated heterocycles. The lowest BCUT2D eigenvalue weighted by Gasteiger charge is -2.31. The molecule has 5 nitrogen and oxygen atoms in total. The first-order chi connectivity index (χ1) is 14.6. The molecule has 0 aromatic heterocycles. The van der Waals surface area contributed by atoms with Crippen molar-refractivity contribution in [2.75, 3.05) is 38.2 Å². The molecule has 0 spiro atoms. The zero-order valence-electron chi connectivity index (χ0n) is 19.0. The highest BCUT2D eigenvalue weighted by Gasteiger charge is 2.39. The topological polar surface area (TPSA) is 50.8 Å². The van der Waals surface area contributed by atoms with Crippen molar-refractivity contribution in [1.82, 2.24) is 4.90 Å². The number of anilines is 1. The first-order valence-corrected chi connectivity index (χ1v) is 12.0. The predicted molar refractivity (Wildman–Crippen MR) is 122 cm³/mol. The number of carbonyl (C=O) groups is 1. The Kier molecular flexibility index (Phi) is 9.01. The number of nitrogens with zero attached hydrogens (tertiary/aromatic N) is 1. The largest absolute Gasteiger partial charge is 0.492 e. The molecule has 30 heavy (non-hydrogen) atoms. The second-order valence-electron chi connectivity index (χ2n) is 9.13. The Morgan fingerprint density at radius 2 is 1.83 bits per heavy atom. The lowest BCUT2D eigenvalue weighted by atomic mass is 9.92. The molecule has 1 aliphatic carbocycles. The van der Waals surface area contributed by atoms with Crippen molar-refractivity contribution in [2.24, 2.45) is 5.92 Å². The number of hydrogen-bond acceptors (Lipinski definition) is 4. The fraction of sp³-hybridized carbons (Fsp3) is 0.720. The molecule has 1 unspecified atom stereocenters. The molecular formula is C25H40N2O3. The summed E-state index contributed by atoms with van der Waals surface area (Å²) in [5.41, 5.74) is 0.133. The van der Waals surface area contributed by atoms with Crippen molar-refractivity contribution in [3.63, 3.8) is 0 Å². The molecule has 0 radical (unpaired) electrons. The van der Waals surface area contributed by atoms with Crippen LogP contribution in [-0.4, -0.2) is 49.3 Å². The van der Waals surface area contributed by atoms with Gasteiger partial charge in [0.2, 0.25) is 0 Å². The van der Waals surface area contributed by atoms with Crippen molar-refractivity contribution >= 4 is 11.6 Å². The van der Waals surface area contributed by atoms with Crippen LogP contribution in [0, 0.1) is 5.92 Å². The van der Waals surface area contributed by atoms with Gasteiger partial charge in [-0.15, -0.1) is 0 Å². The summed E-state index contributed by atoms with van der Waals surface area (Å²) in [5, 5.41) is 3.10. The van der Waals surface area contributed by atoms with Gasteiger partial charge in [-0.25, -0.2) is 0 Å². The van der Waals surface area contributed by atoms with E-state index in [-0.39, 0.29) is 5.91 Å². The summed E-state index contributed by atoms with van der Waals surface area (Å²) in [6.07, 6.45) is 9.68. The van der Waals surface area contributed by atoms with Gasteiger partial charge in [0.25, 0.3) is 5.91 Å². The third-order valence-corrected chi connectivity index (χ3v) is 6.44. The maximum atomic E-state index is 13.1. The number of hydrogen-bond donors (Lipinski definition) is 1. The predicted octanol–water partition coefficient (Wildman–Crippen LogP) is 5.26. The Morgan fingerprint density at radius 3 is 2.50 bits per heavy atom. The van der Waals surface area contributed by atoms with E-state index < -0.39 is 5.60 Å². The minimum absolute atomic E-state index is 0.00531. The van der Waals surface area contributed by atoms with Crippen LogP contribution < -0.4 is 10.1 Å². The number of nitrogens with one attached hydrogen (secondary N) is 1. The lowest BCUT2D eigenvalue weighted by molar-refractivity contribution is -0.143. The van der Waals surface area contributed by atoms with Crippen molar-refractivity contribution < 1.29 is 14.3 Å². The van der Waals surface area contributed by atoms with Crippen LogP contribution in [0.4, 0.5) is 5.69 Å². The molecule has 168 valence electrons. The lowest BCUT2D eigenvalue weighted by Crippen LogP contribution is -2.45. The van der Waals surface area contributed by atoms with Crippen molar-refractivity contribution in [1.29, 1.82) is 0 Å². The Morgan fingerprint density at radius 1 is 1.10 bits per heavy atom. The number of carbonyl (C=O) groups excluding carboxylic acids is 1. The molecule has 2 fully saturated rings. The molecule has 3 rings (SSSR count). The van der Waals surface area contributed by atoms with Crippen molar-refractivity contribution in [2.45, 2.75) is 77.2 Å². The van der Waals surface area contributed by atoms with E-state index in [0.29, 0.717) is 13.2 Å². The van der Waals surface area contributed by atoms with Crippen LogP contribution >= 0.6 is 0 Å². The van der Waals surface area contributed by atoms with E-state index in [4.69, 9.17) is 9.47 Å². The van der Waals surface area contributed by atoms with Crippen LogP contribution in [0.2, 0.25) is 0 Å². The molecule has 1 aliphatic heterocycles. The normalized spacial score (nSPS) is 22.3. The monoisotopic (exact) mass is 416 g/mol. The SMILES string of the molecule is CCCOC1(C(=O)Nc2ccc(OCCN3CCCC(C)C3)cc2)CCCCCC1. The summed E-state index contributed by atoms with van der Waals surface area (Å²) in [6, 6.07) is 7.75. The summed E-state index contributed by atoms with van der Waals surface area (Å²) in [6.45, 7) is 9.08. The van der Waals surface area contributed by atoms with E-state index in [2.05, 4.69) is 24.1 Å². The van der Waals surface area contributed by atoms with E-state index in [9.17, 15) is 4.79 Å². The first-order valence-electron chi connectivity index (χ1n) is 12.0. The van der Waals surface area contributed by atoms with Crippen molar-refractivity contribution in [3.8, 4) is 5.75 Å².